The van der Waals surface area contributed by atoms with E-state index in [4.69, 9.17) is 0 Å². The standard InChI is InChI=1S/C18H34N2O/c1-4-5-18(21)20-12-6-16(7-13-20)14-19-10-8-17(9-11-19)15(2)3/h15-17H,4-14H2,1-3H3. The van der Waals surface area contributed by atoms with E-state index in [1.165, 1.54) is 45.3 Å². The van der Waals surface area contributed by atoms with Crippen molar-refractivity contribution in [2.24, 2.45) is 17.8 Å². The topological polar surface area (TPSA) is 23.6 Å². The minimum atomic E-state index is 0.369. The highest BCUT2D eigenvalue weighted by atomic mass is 16.2. The zero-order chi connectivity index (χ0) is 15.2. The monoisotopic (exact) mass is 294 g/mol. The molecule has 0 aromatic heterocycles. The van der Waals surface area contributed by atoms with E-state index >= 15 is 0 Å². The minimum Gasteiger partial charge on any atom is -0.343 e. The third-order valence-corrected chi connectivity index (χ3v) is 5.52. The van der Waals surface area contributed by atoms with Crippen LogP contribution in [0.5, 0.6) is 0 Å². The molecule has 2 saturated heterocycles. The molecule has 0 N–H and O–H groups in total. The first-order valence-corrected chi connectivity index (χ1v) is 9.10. The molecule has 0 aromatic carbocycles. The van der Waals surface area contributed by atoms with Gasteiger partial charge in [-0.05, 0) is 62.9 Å². The van der Waals surface area contributed by atoms with Crippen molar-refractivity contribution in [3.63, 3.8) is 0 Å². The first-order chi connectivity index (χ1) is 10.1. The molecule has 122 valence electrons. The number of carbonyl (C=O) groups excluding carboxylic acids is 1. The fourth-order valence-corrected chi connectivity index (χ4v) is 3.90. The summed E-state index contributed by atoms with van der Waals surface area (Å²) in [5.74, 6) is 2.97. The van der Waals surface area contributed by atoms with Crippen LogP contribution in [-0.4, -0.2) is 48.4 Å². The van der Waals surface area contributed by atoms with Crippen LogP contribution >= 0.6 is 0 Å². The Hall–Kier alpha value is -0.570. The lowest BCUT2D eigenvalue weighted by Gasteiger charge is -2.38. The van der Waals surface area contributed by atoms with E-state index in [1.807, 2.05) is 0 Å². The largest absolute Gasteiger partial charge is 0.343 e. The highest BCUT2D eigenvalue weighted by Crippen LogP contribution is 2.26. The first kappa shape index (κ1) is 16.8. The van der Waals surface area contributed by atoms with Crippen LogP contribution in [0.3, 0.4) is 0 Å². The third kappa shape index (κ3) is 4.98. The molecule has 3 heteroatoms. The maximum atomic E-state index is 11.9. The summed E-state index contributed by atoms with van der Waals surface area (Å²) in [5.41, 5.74) is 0. The second-order valence-corrected chi connectivity index (χ2v) is 7.46. The highest BCUT2D eigenvalue weighted by molar-refractivity contribution is 5.76. The van der Waals surface area contributed by atoms with E-state index in [1.54, 1.807) is 0 Å². The normalized spacial score (nSPS) is 23.0. The number of rotatable bonds is 5. The van der Waals surface area contributed by atoms with Crippen LogP contribution < -0.4 is 0 Å². The molecule has 0 aliphatic carbocycles. The van der Waals surface area contributed by atoms with E-state index in [-0.39, 0.29) is 0 Å². The molecule has 0 radical (unpaired) electrons. The summed E-state index contributed by atoms with van der Waals surface area (Å²) >= 11 is 0. The molecule has 0 unspecified atom stereocenters. The second-order valence-electron chi connectivity index (χ2n) is 7.46. The molecular weight excluding hydrogens is 260 g/mol. The zero-order valence-corrected chi connectivity index (χ0v) is 14.3. The Morgan fingerprint density at radius 2 is 1.67 bits per heavy atom. The Morgan fingerprint density at radius 3 is 2.19 bits per heavy atom. The highest BCUT2D eigenvalue weighted by Gasteiger charge is 2.26. The van der Waals surface area contributed by atoms with E-state index in [0.29, 0.717) is 5.91 Å². The molecule has 0 bridgehead atoms. The lowest BCUT2D eigenvalue weighted by atomic mass is 9.86. The minimum absolute atomic E-state index is 0.369. The average Bonchev–Trinajstić information content (AvgIpc) is 2.49. The molecule has 2 fully saturated rings. The van der Waals surface area contributed by atoms with Gasteiger partial charge in [-0.1, -0.05) is 20.8 Å². The van der Waals surface area contributed by atoms with Gasteiger partial charge in [0, 0.05) is 26.1 Å². The van der Waals surface area contributed by atoms with Crippen LogP contribution in [0.25, 0.3) is 0 Å². The van der Waals surface area contributed by atoms with E-state index in [9.17, 15) is 4.79 Å². The van der Waals surface area contributed by atoms with Crippen molar-refractivity contribution in [2.75, 3.05) is 32.7 Å². The Kier molecular flexibility index (Phi) is 6.53. The van der Waals surface area contributed by atoms with Crippen molar-refractivity contribution in [1.29, 1.82) is 0 Å². The molecule has 21 heavy (non-hydrogen) atoms. The number of hydrogen-bond donors (Lipinski definition) is 0. The van der Waals surface area contributed by atoms with E-state index < -0.39 is 0 Å². The molecular formula is C18H34N2O. The van der Waals surface area contributed by atoms with Gasteiger partial charge in [0.25, 0.3) is 0 Å². The molecule has 2 rings (SSSR count). The van der Waals surface area contributed by atoms with Gasteiger partial charge >= 0.3 is 0 Å². The van der Waals surface area contributed by atoms with Gasteiger partial charge in [0.15, 0.2) is 0 Å². The Balaban J connectivity index is 1.66. The fraction of sp³-hybridized carbons (Fsp3) is 0.944. The van der Waals surface area contributed by atoms with Gasteiger partial charge in [0.05, 0.1) is 0 Å². The lowest BCUT2D eigenvalue weighted by molar-refractivity contribution is -0.132. The van der Waals surface area contributed by atoms with Gasteiger partial charge in [-0.3, -0.25) is 4.79 Å². The van der Waals surface area contributed by atoms with Crippen LogP contribution in [-0.2, 0) is 4.79 Å². The Bertz CT molecular complexity index is 313. The lowest BCUT2D eigenvalue weighted by Crippen LogP contribution is -2.43. The molecule has 3 nitrogen and oxygen atoms in total. The predicted octanol–water partition coefficient (Wildman–Crippen LogP) is 3.39. The predicted molar refractivity (Wildman–Crippen MR) is 88.2 cm³/mol. The number of hydrogen-bond acceptors (Lipinski definition) is 2. The van der Waals surface area contributed by atoms with Gasteiger partial charge in [0.2, 0.25) is 5.91 Å². The molecule has 0 atom stereocenters. The van der Waals surface area contributed by atoms with Gasteiger partial charge in [0.1, 0.15) is 0 Å². The Morgan fingerprint density at radius 1 is 1.05 bits per heavy atom. The van der Waals surface area contributed by atoms with Crippen LogP contribution in [0.15, 0.2) is 0 Å². The zero-order valence-electron chi connectivity index (χ0n) is 14.3. The maximum absolute atomic E-state index is 11.9. The SMILES string of the molecule is CCCC(=O)N1CCC(CN2CCC(C(C)C)CC2)CC1. The van der Waals surface area contributed by atoms with Crippen LogP contribution in [0, 0.1) is 17.8 Å². The van der Waals surface area contributed by atoms with Crippen LogP contribution in [0.2, 0.25) is 0 Å². The molecule has 2 aliphatic rings. The van der Waals surface area contributed by atoms with Gasteiger partial charge in [-0.25, -0.2) is 0 Å². The van der Waals surface area contributed by atoms with Crippen molar-refractivity contribution in [2.45, 2.75) is 59.3 Å². The maximum Gasteiger partial charge on any atom is 0.222 e. The van der Waals surface area contributed by atoms with Crippen molar-refractivity contribution in [1.82, 2.24) is 9.80 Å². The Labute approximate surface area is 131 Å². The third-order valence-electron chi connectivity index (χ3n) is 5.52. The fourth-order valence-electron chi connectivity index (χ4n) is 3.90. The summed E-state index contributed by atoms with van der Waals surface area (Å²) in [6.45, 7) is 12.6. The van der Waals surface area contributed by atoms with Gasteiger partial charge < -0.3 is 9.80 Å². The number of carbonyl (C=O) groups is 1. The summed E-state index contributed by atoms with van der Waals surface area (Å²) < 4.78 is 0. The quantitative estimate of drug-likeness (QED) is 0.776. The van der Waals surface area contributed by atoms with Crippen molar-refractivity contribution >= 4 is 5.91 Å². The van der Waals surface area contributed by atoms with E-state index in [2.05, 4.69) is 30.6 Å². The second kappa shape index (κ2) is 8.17. The van der Waals surface area contributed by atoms with Crippen LogP contribution in [0.4, 0.5) is 0 Å². The summed E-state index contributed by atoms with van der Waals surface area (Å²) in [5, 5.41) is 0. The van der Waals surface area contributed by atoms with Crippen molar-refractivity contribution in [3.8, 4) is 0 Å². The number of nitrogens with zero attached hydrogens (tertiary/aromatic N) is 2. The summed E-state index contributed by atoms with van der Waals surface area (Å²) in [4.78, 5) is 16.7. The van der Waals surface area contributed by atoms with Crippen LogP contribution in [0.1, 0.15) is 59.3 Å². The van der Waals surface area contributed by atoms with E-state index in [0.717, 1.165) is 43.7 Å². The number of amides is 1. The molecule has 0 saturated carbocycles. The molecule has 0 spiro atoms. The van der Waals surface area contributed by atoms with Gasteiger partial charge in [-0.2, -0.15) is 0 Å². The number of piperidine rings is 2. The molecule has 1 amide bonds. The van der Waals surface area contributed by atoms with Crippen molar-refractivity contribution in [3.05, 3.63) is 0 Å². The van der Waals surface area contributed by atoms with Crippen molar-refractivity contribution < 1.29 is 4.79 Å². The summed E-state index contributed by atoms with van der Waals surface area (Å²) in [6.07, 6.45) is 6.88. The molecule has 2 aliphatic heterocycles. The first-order valence-electron chi connectivity index (χ1n) is 9.10. The molecule has 0 aromatic rings. The molecule has 2 heterocycles. The van der Waals surface area contributed by atoms with Gasteiger partial charge in [-0.15, -0.1) is 0 Å². The smallest absolute Gasteiger partial charge is 0.222 e. The summed E-state index contributed by atoms with van der Waals surface area (Å²) in [7, 11) is 0. The number of likely N-dealkylation sites (tertiary alicyclic amines) is 2. The summed E-state index contributed by atoms with van der Waals surface area (Å²) in [6, 6.07) is 0. The average molecular weight is 294 g/mol.